The van der Waals surface area contributed by atoms with Crippen molar-refractivity contribution in [1.29, 1.82) is 0 Å². The van der Waals surface area contributed by atoms with E-state index in [2.05, 4.69) is 22.6 Å². The van der Waals surface area contributed by atoms with Crippen LogP contribution in [0.3, 0.4) is 0 Å². The topological polar surface area (TPSA) is 64.7 Å². The number of piperidine rings is 2. The maximum absolute atomic E-state index is 12.8. The Hall–Kier alpha value is -1.34. The van der Waals surface area contributed by atoms with Crippen LogP contribution >= 0.6 is 24.8 Å². The fourth-order valence-corrected chi connectivity index (χ4v) is 4.95. The monoisotopic (exact) mass is 456 g/mol. The molecule has 6 nitrogen and oxygen atoms in total. The molecule has 1 aliphatic carbocycles. The Balaban J connectivity index is 0.00000160. The highest BCUT2D eigenvalue weighted by Crippen LogP contribution is 2.58. The maximum atomic E-state index is 12.8. The maximum Gasteiger partial charge on any atom is 0.253 e. The van der Waals surface area contributed by atoms with Gasteiger partial charge in [0.15, 0.2) is 0 Å². The first-order chi connectivity index (χ1) is 13.5. The average molecular weight is 457 g/mol. The van der Waals surface area contributed by atoms with Gasteiger partial charge >= 0.3 is 0 Å². The number of nitrogens with one attached hydrogen (secondary N) is 2. The number of likely N-dealkylation sites (N-methyl/N-ethyl adjacent to an activating group) is 2. The number of rotatable bonds is 4. The highest BCUT2D eigenvalue weighted by Gasteiger charge is 2.57. The Labute approximate surface area is 192 Å². The molecule has 2 atom stereocenters. The second-order valence-electron chi connectivity index (χ2n) is 8.91. The van der Waals surface area contributed by atoms with Gasteiger partial charge in [-0.3, -0.25) is 9.59 Å². The van der Waals surface area contributed by atoms with E-state index in [1.54, 1.807) is 0 Å². The molecule has 168 valence electrons. The molecule has 2 aliphatic heterocycles. The summed E-state index contributed by atoms with van der Waals surface area (Å²) in [5.74, 6) is 0.322. The van der Waals surface area contributed by atoms with Crippen molar-refractivity contribution in [2.24, 2.45) is 11.3 Å². The zero-order valence-corrected chi connectivity index (χ0v) is 19.5. The van der Waals surface area contributed by atoms with Crippen LogP contribution in [0.2, 0.25) is 0 Å². The van der Waals surface area contributed by atoms with Crippen LogP contribution in [0.1, 0.15) is 42.5 Å². The Morgan fingerprint density at radius 3 is 2.47 bits per heavy atom. The van der Waals surface area contributed by atoms with Crippen molar-refractivity contribution < 1.29 is 9.59 Å². The summed E-state index contributed by atoms with van der Waals surface area (Å²) in [7, 11) is 4.00. The number of nitrogens with zero attached hydrogens (tertiary/aromatic N) is 2. The lowest BCUT2D eigenvalue weighted by molar-refractivity contribution is -0.118. The van der Waals surface area contributed by atoms with Crippen LogP contribution in [0.15, 0.2) is 24.3 Å². The molecule has 1 aromatic carbocycles. The van der Waals surface area contributed by atoms with Crippen LogP contribution in [0, 0.1) is 11.3 Å². The molecule has 2 saturated heterocycles. The Kier molecular flexibility index (Phi) is 8.57. The zero-order valence-electron chi connectivity index (χ0n) is 17.9. The van der Waals surface area contributed by atoms with Gasteiger partial charge in [0.05, 0.1) is 0 Å². The highest BCUT2D eigenvalue weighted by atomic mass is 35.5. The zero-order chi connectivity index (χ0) is 19.7. The predicted molar refractivity (Wildman–Crippen MR) is 125 cm³/mol. The number of carbonyl (C=O) groups excluding carboxylic acids is 2. The lowest BCUT2D eigenvalue weighted by Gasteiger charge is -2.35. The molecule has 4 rings (SSSR count). The molecule has 0 bridgehead atoms. The van der Waals surface area contributed by atoms with E-state index in [0.717, 1.165) is 64.0 Å². The van der Waals surface area contributed by atoms with Crippen molar-refractivity contribution >= 4 is 42.3 Å². The highest BCUT2D eigenvalue weighted by molar-refractivity contribution is 5.97. The minimum absolute atomic E-state index is 0. The van der Waals surface area contributed by atoms with Crippen molar-refractivity contribution in [2.75, 3.05) is 45.6 Å². The lowest BCUT2D eigenvalue weighted by atomic mass is 9.92. The van der Waals surface area contributed by atoms with E-state index < -0.39 is 0 Å². The van der Waals surface area contributed by atoms with Gasteiger partial charge in [0.25, 0.3) is 5.91 Å². The van der Waals surface area contributed by atoms with E-state index in [-0.39, 0.29) is 54.0 Å². The standard InChI is InChI=1S/C22H32N4O2.2ClH/c1-25-13-3-4-18(15-25)26(2)21(28)16-5-7-17(8-6-16)24-20(27)19-14-22(19)9-11-23-12-10-22;;/h5-8,18-19,23H,3-4,9-15H2,1-2H3,(H,24,27);2*1H. The van der Waals surface area contributed by atoms with Crippen LogP contribution in [-0.4, -0.2) is 67.9 Å². The molecular formula is C22H34Cl2N4O2. The Morgan fingerprint density at radius 2 is 1.83 bits per heavy atom. The largest absolute Gasteiger partial charge is 0.337 e. The van der Waals surface area contributed by atoms with Gasteiger partial charge in [-0.25, -0.2) is 0 Å². The van der Waals surface area contributed by atoms with Gasteiger partial charge in [0, 0.05) is 36.8 Å². The smallest absolute Gasteiger partial charge is 0.253 e. The van der Waals surface area contributed by atoms with Gasteiger partial charge in [-0.15, -0.1) is 24.8 Å². The number of hydrogen-bond donors (Lipinski definition) is 2. The number of amides is 2. The third kappa shape index (κ3) is 5.28. The van der Waals surface area contributed by atoms with Crippen molar-refractivity contribution in [3.63, 3.8) is 0 Å². The van der Waals surface area contributed by atoms with Crippen LogP contribution in [0.5, 0.6) is 0 Å². The van der Waals surface area contributed by atoms with Crippen molar-refractivity contribution in [3.05, 3.63) is 29.8 Å². The molecule has 1 saturated carbocycles. The molecule has 2 heterocycles. The SMILES string of the molecule is CN1CCCC(N(C)C(=O)c2ccc(NC(=O)C3CC34CCNCC4)cc2)C1.Cl.Cl. The molecule has 8 heteroatoms. The second kappa shape index (κ2) is 10.3. The van der Waals surface area contributed by atoms with Gasteiger partial charge < -0.3 is 20.4 Å². The quantitative estimate of drug-likeness (QED) is 0.730. The number of halogens is 2. The van der Waals surface area contributed by atoms with Gasteiger partial charge in [-0.2, -0.15) is 0 Å². The third-order valence-electron chi connectivity index (χ3n) is 6.97. The van der Waals surface area contributed by atoms with E-state index >= 15 is 0 Å². The number of anilines is 1. The summed E-state index contributed by atoms with van der Waals surface area (Å²) in [6, 6.07) is 7.62. The van der Waals surface area contributed by atoms with Gasteiger partial charge in [-0.05, 0) is 88.5 Å². The van der Waals surface area contributed by atoms with Crippen LogP contribution < -0.4 is 10.6 Å². The molecule has 0 radical (unpaired) electrons. The molecule has 0 aromatic heterocycles. The lowest BCUT2D eigenvalue weighted by Crippen LogP contribution is -2.47. The van der Waals surface area contributed by atoms with E-state index in [1.165, 1.54) is 0 Å². The molecule has 2 unspecified atom stereocenters. The molecular weight excluding hydrogens is 423 g/mol. The molecule has 2 amide bonds. The van der Waals surface area contributed by atoms with Crippen molar-refractivity contribution in [1.82, 2.24) is 15.1 Å². The molecule has 30 heavy (non-hydrogen) atoms. The van der Waals surface area contributed by atoms with E-state index in [0.29, 0.717) is 5.56 Å². The van der Waals surface area contributed by atoms with Crippen molar-refractivity contribution in [2.45, 2.75) is 38.1 Å². The van der Waals surface area contributed by atoms with Gasteiger partial charge in [-0.1, -0.05) is 0 Å². The van der Waals surface area contributed by atoms with Crippen LogP contribution in [0.4, 0.5) is 5.69 Å². The first-order valence-corrected chi connectivity index (χ1v) is 10.6. The van der Waals surface area contributed by atoms with Gasteiger partial charge in [0.1, 0.15) is 0 Å². The normalized spacial score (nSPS) is 24.9. The minimum atomic E-state index is 0. The molecule has 1 spiro atoms. The Bertz CT molecular complexity index is 737. The van der Waals surface area contributed by atoms with Crippen LogP contribution in [0.25, 0.3) is 0 Å². The summed E-state index contributed by atoms with van der Waals surface area (Å²) in [4.78, 5) is 29.6. The summed E-state index contributed by atoms with van der Waals surface area (Å²) < 4.78 is 0. The molecule has 2 N–H and O–H groups in total. The van der Waals surface area contributed by atoms with E-state index in [9.17, 15) is 9.59 Å². The summed E-state index contributed by atoms with van der Waals surface area (Å²) in [6.45, 7) is 4.07. The van der Waals surface area contributed by atoms with E-state index in [1.807, 2.05) is 36.2 Å². The molecule has 3 aliphatic rings. The first-order valence-electron chi connectivity index (χ1n) is 10.6. The summed E-state index contributed by atoms with van der Waals surface area (Å²) >= 11 is 0. The fraction of sp³-hybridized carbons (Fsp3) is 0.636. The summed E-state index contributed by atoms with van der Waals surface area (Å²) in [5.41, 5.74) is 1.69. The minimum Gasteiger partial charge on any atom is -0.337 e. The summed E-state index contributed by atoms with van der Waals surface area (Å²) in [6.07, 6.45) is 5.39. The van der Waals surface area contributed by atoms with Crippen LogP contribution in [-0.2, 0) is 4.79 Å². The predicted octanol–water partition coefficient (Wildman–Crippen LogP) is 3.02. The van der Waals surface area contributed by atoms with Crippen molar-refractivity contribution in [3.8, 4) is 0 Å². The summed E-state index contributed by atoms with van der Waals surface area (Å²) in [5, 5.41) is 6.42. The second-order valence-corrected chi connectivity index (χ2v) is 8.91. The third-order valence-corrected chi connectivity index (χ3v) is 6.97. The number of hydrogen-bond acceptors (Lipinski definition) is 4. The number of benzene rings is 1. The van der Waals surface area contributed by atoms with Gasteiger partial charge in [0.2, 0.25) is 5.91 Å². The number of likely N-dealkylation sites (tertiary alicyclic amines) is 1. The molecule has 3 fully saturated rings. The fourth-order valence-electron chi connectivity index (χ4n) is 4.95. The van der Waals surface area contributed by atoms with E-state index in [4.69, 9.17) is 0 Å². The first kappa shape index (κ1) is 24.9. The average Bonchev–Trinajstić information content (AvgIpc) is 3.41. The Morgan fingerprint density at radius 1 is 1.17 bits per heavy atom. The molecule has 1 aromatic rings. The number of carbonyl (C=O) groups is 2.